The predicted octanol–water partition coefficient (Wildman–Crippen LogP) is 2.91. The van der Waals surface area contributed by atoms with Gasteiger partial charge in [0.15, 0.2) is 0 Å². The molecule has 2 aliphatic heterocycles. The number of hydrogen-bond donors (Lipinski definition) is 1. The Bertz CT molecular complexity index is 931. The summed E-state index contributed by atoms with van der Waals surface area (Å²) in [5.74, 6) is -0.744. The molecule has 2 heterocycles. The molecule has 0 radical (unpaired) electrons. The lowest BCUT2D eigenvalue weighted by Crippen LogP contribution is -2.28. The van der Waals surface area contributed by atoms with Crippen LogP contribution in [0.3, 0.4) is 0 Å². The van der Waals surface area contributed by atoms with Crippen molar-refractivity contribution in [1.29, 1.82) is 0 Å². The molecule has 2 aromatic rings. The van der Waals surface area contributed by atoms with Gasteiger partial charge in [0.05, 0.1) is 12.3 Å². The molecular formula is C19H16FN3O4. The van der Waals surface area contributed by atoms with Crippen LogP contribution in [0, 0.1) is 5.82 Å². The lowest BCUT2D eigenvalue weighted by Gasteiger charge is -2.15. The van der Waals surface area contributed by atoms with E-state index in [4.69, 9.17) is 9.57 Å². The SMILES string of the molecule is O=C(Nc1cccc(N2CCOC2=O)c1)[C@H]1CC(c2cccc(F)c2)=NO1. The number of ether oxygens (including phenoxy) is 1. The van der Waals surface area contributed by atoms with Crippen LogP contribution in [-0.2, 0) is 14.4 Å². The van der Waals surface area contributed by atoms with E-state index in [0.717, 1.165) is 0 Å². The molecule has 0 aromatic heterocycles. The Morgan fingerprint density at radius 1 is 1.22 bits per heavy atom. The molecule has 1 fully saturated rings. The van der Waals surface area contributed by atoms with Crippen molar-refractivity contribution in [1.82, 2.24) is 0 Å². The normalized spacial score (nSPS) is 18.7. The highest BCUT2D eigenvalue weighted by Gasteiger charge is 2.29. The Morgan fingerprint density at radius 2 is 2.07 bits per heavy atom. The summed E-state index contributed by atoms with van der Waals surface area (Å²) in [5, 5.41) is 6.66. The molecule has 1 saturated heterocycles. The Morgan fingerprint density at radius 3 is 2.85 bits per heavy atom. The van der Waals surface area contributed by atoms with Gasteiger partial charge in [0, 0.05) is 23.4 Å². The summed E-state index contributed by atoms with van der Waals surface area (Å²) in [5.41, 5.74) is 2.27. The number of hydrogen-bond acceptors (Lipinski definition) is 5. The largest absolute Gasteiger partial charge is 0.447 e. The minimum atomic E-state index is -0.802. The zero-order chi connectivity index (χ0) is 18.8. The van der Waals surface area contributed by atoms with Crippen LogP contribution < -0.4 is 10.2 Å². The summed E-state index contributed by atoms with van der Waals surface area (Å²) in [6.45, 7) is 0.804. The highest BCUT2D eigenvalue weighted by molar-refractivity contribution is 6.06. The molecular weight excluding hydrogens is 353 g/mol. The lowest BCUT2D eigenvalue weighted by molar-refractivity contribution is -0.125. The maximum atomic E-state index is 13.3. The molecule has 27 heavy (non-hydrogen) atoms. The fourth-order valence-corrected chi connectivity index (χ4v) is 2.96. The first kappa shape index (κ1) is 17.0. The third kappa shape index (κ3) is 3.59. The van der Waals surface area contributed by atoms with Crippen molar-refractivity contribution in [3.05, 3.63) is 59.9 Å². The van der Waals surface area contributed by atoms with E-state index in [1.54, 1.807) is 36.4 Å². The molecule has 0 bridgehead atoms. The quantitative estimate of drug-likeness (QED) is 0.899. The smallest absolute Gasteiger partial charge is 0.414 e. The van der Waals surface area contributed by atoms with E-state index in [1.165, 1.54) is 17.0 Å². The summed E-state index contributed by atoms with van der Waals surface area (Å²) < 4.78 is 18.3. The van der Waals surface area contributed by atoms with Crippen molar-refractivity contribution in [2.24, 2.45) is 5.16 Å². The van der Waals surface area contributed by atoms with E-state index in [1.807, 2.05) is 0 Å². The van der Waals surface area contributed by atoms with Crippen LogP contribution in [0.2, 0.25) is 0 Å². The number of carbonyl (C=O) groups is 2. The molecule has 0 aliphatic carbocycles. The van der Waals surface area contributed by atoms with E-state index in [2.05, 4.69) is 10.5 Å². The Hall–Kier alpha value is -3.42. The van der Waals surface area contributed by atoms with Gasteiger partial charge in [-0.05, 0) is 30.3 Å². The first-order chi connectivity index (χ1) is 13.1. The van der Waals surface area contributed by atoms with Crippen LogP contribution in [0.5, 0.6) is 0 Å². The number of anilines is 2. The van der Waals surface area contributed by atoms with Crippen molar-refractivity contribution in [3.8, 4) is 0 Å². The summed E-state index contributed by atoms with van der Waals surface area (Å²) in [7, 11) is 0. The minimum absolute atomic E-state index is 0.243. The van der Waals surface area contributed by atoms with Crippen molar-refractivity contribution in [3.63, 3.8) is 0 Å². The molecule has 1 atom stereocenters. The van der Waals surface area contributed by atoms with Gasteiger partial charge in [-0.3, -0.25) is 9.69 Å². The van der Waals surface area contributed by atoms with Crippen LogP contribution in [0.4, 0.5) is 20.6 Å². The average molecular weight is 369 g/mol. The van der Waals surface area contributed by atoms with Crippen LogP contribution >= 0.6 is 0 Å². The summed E-state index contributed by atoms with van der Waals surface area (Å²) >= 11 is 0. The standard InChI is InChI=1S/C19H16FN3O4/c20-13-4-1-3-12(9-13)16-11-17(27-22-16)18(24)21-14-5-2-6-15(10-14)23-7-8-26-19(23)25/h1-6,9-10,17H,7-8,11H2,(H,21,24)/t17-/m1/s1. The van der Waals surface area contributed by atoms with Gasteiger partial charge in [-0.2, -0.15) is 0 Å². The molecule has 4 rings (SSSR count). The second-order valence-electron chi connectivity index (χ2n) is 6.15. The van der Waals surface area contributed by atoms with Crippen molar-refractivity contribution in [2.45, 2.75) is 12.5 Å². The molecule has 0 saturated carbocycles. The number of cyclic esters (lactones) is 1. The van der Waals surface area contributed by atoms with Crippen molar-refractivity contribution >= 4 is 29.1 Å². The fourth-order valence-electron chi connectivity index (χ4n) is 2.96. The number of halogens is 1. The number of rotatable bonds is 4. The first-order valence-electron chi connectivity index (χ1n) is 8.44. The maximum absolute atomic E-state index is 13.3. The Balaban J connectivity index is 1.41. The number of carbonyl (C=O) groups excluding carboxylic acids is 2. The van der Waals surface area contributed by atoms with Gasteiger partial charge in [0.1, 0.15) is 12.4 Å². The van der Waals surface area contributed by atoms with E-state index in [0.29, 0.717) is 35.8 Å². The van der Waals surface area contributed by atoms with Gasteiger partial charge >= 0.3 is 6.09 Å². The molecule has 2 amide bonds. The third-order valence-corrected chi connectivity index (χ3v) is 4.31. The van der Waals surface area contributed by atoms with Crippen LogP contribution in [0.15, 0.2) is 53.7 Å². The van der Waals surface area contributed by atoms with E-state index >= 15 is 0 Å². The number of nitrogens with zero attached hydrogens (tertiary/aromatic N) is 2. The molecule has 2 aliphatic rings. The van der Waals surface area contributed by atoms with Crippen molar-refractivity contribution < 1.29 is 23.6 Å². The number of benzene rings is 2. The summed E-state index contributed by atoms with van der Waals surface area (Å²) in [6.07, 6.45) is -0.970. The Labute approximate surface area is 154 Å². The van der Waals surface area contributed by atoms with Crippen LogP contribution in [0.25, 0.3) is 0 Å². The first-order valence-corrected chi connectivity index (χ1v) is 8.44. The molecule has 8 heteroatoms. The number of amides is 2. The molecule has 1 N–H and O–H groups in total. The van der Waals surface area contributed by atoms with Gasteiger partial charge in [0.2, 0.25) is 6.10 Å². The minimum Gasteiger partial charge on any atom is -0.447 e. The molecule has 0 unspecified atom stereocenters. The zero-order valence-corrected chi connectivity index (χ0v) is 14.2. The average Bonchev–Trinajstić information content (AvgIpc) is 3.31. The van der Waals surface area contributed by atoms with Crippen LogP contribution in [0.1, 0.15) is 12.0 Å². The lowest BCUT2D eigenvalue weighted by atomic mass is 10.0. The van der Waals surface area contributed by atoms with Gasteiger partial charge < -0.3 is 14.9 Å². The predicted molar refractivity (Wildman–Crippen MR) is 96.2 cm³/mol. The van der Waals surface area contributed by atoms with E-state index in [9.17, 15) is 14.0 Å². The highest BCUT2D eigenvalue weighted by Crippen LogP contribution is 2.24. The fraction of sp³-hybridized carbons (Fsp3) is 0.211. The highest BCUT2D eigenvalue weighted by atomic mass is 19.1. The third-order valence-electron chi connectivity index (χ3n) is 4.31. The number of nitrogens with one attached hydrogen (secondary N) is 1. The monoisotopic (exact) mass is 369 g/mol. The molecule has 138 valence electrons. The van der Waals surface area contributed by atoms with Gasteiger partial charge in [-0.1, -0.05) is 23.4 Å². The van der Waals surface area contributed by atoms with Gasteiger partial charge in [-0.15, -0.1) is 0 Å². The summed E-state index contributed by atoms with van der Waals surface area (Å²) in [6, 6.07) is 12.9. The second-order valence-corrected chi connectivity index (χ2v) is 6.15. The molecule has 0 spiro atoms. The zero-order valence-electron chi connectivity index (χ0n) is 14.2. The maximum Gasteiger partial charge on any atom is 0.414 e. The molecule has 7 nitrogen and oxygen atoms in total. The number of oxime groups is 1. The van der Waals surface area contributed by atoms with Gasteiger partial charge in [-0.25, -0.2) is 9.18 Å². The second kappa shape index (κ2) is 7.06. The summed E-state index contributed by atoms with van der Waals surface area (Å²) in [4.78, 5) is 30.8. The van der Waals surface area contributed by atoms with Gasteiger partial charge in [0.25, 0.3) is 5.91 Å². The van der Waals surface area contributed by atoms with E-state index < -0.39 is 12.2 Å². The van der Waals surface area contributed by atoms with Crippen molar-refractivity contribution in [2.75, 3.05) is 23.4 Å². The molecule has 2 aromatic carbocycles. The Kier molecular flexibility index (Phi) is 4.45. The van der Waals surface area contributed by atoms with Crippen LogP contribution in [-0.4, -0.2) is 37.0 Å². The topological polar surface area (TPSA) is 80.2 Å². The van der Waals surface area contributed by atoms with E-state index in [-0.39, 0.29) is 18.1 Å².